The van der Waals surface area contributed by atoms with Crippen LogP contribution in [0.1, 0.15) is 10.4 Å². The molecule has 2 aromatic carbocycles. The molecule has 0 heterocycles. The average molecular weight is 352 g/mol. The van der Waals surface area contributed by atoms with Crippen molar-refractivity contribution in [2.45, 2.75) is 0 Å². The molecule has 0 aliphatic carbocycles. The lowest BCUT2D eigenvalue weighted by Crippen LogP contribution is -2.01. The number of rotatable bonds is 4. The van der Waals surface area contributed by atoms with Gasteiger partial charge in [0, 0.05) is 10.5 Å². The van der Waals surface area contributed by atoms with Crippen LogP contribution in [0.2, 0.25) is 0 Å². The van der Waals surface area contributed by atoms with Crippen molar-refractivity contribution in [2.75, 3.05) is 7.11 Å². The number of ether oxygens (including phenoxy) is 2. The number of carbonyl (C=O) groups is 1. The lowest BCUT2D eigenvalue weighted by Gasteiger charge is -2.07. The van der Waals surface area contributed by atoms with Crippen LogP contribution in [-0.4, -0.2) is 18.0 Å². The van der Waals surface area contributed by atoms with E-state index < -0.39 is 10.9 Å². The van der Waals surface area contributed by atoms with Crippen LogP contribution in [0.3, 0.4) is 0 Å². The highest BCUT2D eigenvalue weighted by molar-refractivity contribution is 9.10. The summed E-state index contributed by atoms with van der Waals surface area (Å²) in [4.78, 5) is 21.9. The van der Waals surface area contributed by atoms with E-state index in [1.54, 1.807) is 24.3 Å². The van der Waals surface area contributed by atoms with Gasteiger partial charge < -0.3 is 9.47 Å². The van der Waals surface area contributed by atoms with E-state index >= 15 is 0 Å². The van der Waals surface area contributed by atoms with Gasteiger partial charge in [-0.15, -0.1) is 0 Å². The van der Waals surface area contributed by atoms with E-state index in [2.05, 4.69) is 20.7 Å². The first kappa shape index (κ1) is 15.0. The normalized spacial score (nSPS) is 10.0. The summed E-state index contributed by atoms with van der Waals surface area (Å²) in [7, 11) is 1.27. The van der Waals surface area contributed by atoms with Crippen LogP contribution in [0.5, 0.6) is 11.5 Å². The van der Waals surface area contributed by atoms with Crippen molar-refractivity contribution in [1.82, 2.24) is 0 Å². The van der Waals surface area contributed by atoms with E-state index in [0.717, 1.165) is 0 Å². The lowest BCUT2D eigenvalue weighted by molar-refractivity contribution is -0.385. The van der Waals surface area contributed by atoms with E-state index in [1.807, 2.05) is 0 Å². The molecule has 0 fully saturated rings. The van der Waals surface area contributed by atoms with Gasteiger partial charge in [-0.25, -0.2) is 4.79 Å². The average Bonchev–Trinajstić information content (AvgIpc) is 2.48. The highest BCUT2D eigenvalue weighted by Gasteiger charge is 2.17. The van der Waals surface area contributed by atoms with E-state index in [4.69, 9.17) is 4.74 Å². The molecule has 0 bridgehead atoms. The fraction of sp³-hybridized carbons (Fsp3) is 0.0714. The van der Waals surface area contributed by atoms with Crippen LogP contribution in [-0.2, 0) is 4.74 Å². The minimum atomic E-state index is -0.537. The highest BCUT2D eigenvalue weighted by atomic mass is 79.9. The predicted molar refractivity (Wildman–Crippen MR) is 78.7 cm³/mol. The largest absolute Gasteiger partial charge is 0.465 e. The number of nitro benzene ring substituents is 1. The molecule has 0 aromatic heterocycles. The monoisotopic (exact) mass is 351 g/mol. The number of nitro groups is 1. The van der Waals surface area contributed by atoms with E-state index in [0.29, 0.717) is 15.8 Å². The van der Waals surface area contributed by atoms with E-state index in [-0.39, 0.29) is 11.4 Å². The van der Waals surface area contributed by atoms with Gasteiger partial charge in [0.25, 0.3) is 0 Å². The molecule has 7 heteroatoms. The van der Waals surface area contributed by atoms with Gasteiger partial charge >= 0.3 is 11.7 Å². The van der Waals surface area contributed by atoms with Crippen molar-refractivity contribution in [2.24, 2.45) is 0 Å². The molecule has 0 spiro atoms. The molecular weight excluding hydrogens is 342 g/mol. The van der Waals surface area contributed by atoms with Crippen molar-refractivity contribution in [3.8, 4) is 11.5 Å². The van der Waals surface area contributed by atoms with Gasteiger partial charge in [0.2, 0.25) is 5.75 Å². The zero-order chi connectivity index (χ0) is 15.4. The summed E-state index contributed by atoms with van der Waals surface area (Å²) in [5, 5.41) is 11.0. The van der Waals surface area contributed by atoms with Crippen LogP contribution in [0, 0.1) is 10.1 Å². The van der Waals surface area contributed by atoms with Gasteiger partial charge in [0.1, 0.15) is 5.75 Å². The molecule has 0 saturated heterocycles. The third kappa shape index (κ3) is 3.57. The molecule has 21 heavy (non-hydrogen) atoms. The van der Waals surface area contributed by atoms with Gasteiger partial charge in [-0.1, -0.05) is 22.0 Å². The summed E-state index contributed by atoms with van der Waals surface area (Å²) >= 11 is 3.17. The second-order valence-corrected chi connectivity index (χ2v) is 4.91. The van der Waals surface area contributed by atoms with Crippen LogP contribution in [0.25, 0.3) is 0 Å². The van der Waals surface area contributed by atoms with Gasteiger partial charge in [-0.05, 0) is 30.3 Å². The molecular formula is C14H10BrNO5. The molecule has 0 aliphatic rings. The summed E-state index contributed by atoms with van der Waals surface area (Å²) in [6, 6.07) is 10.7. The Balaban J connectivity index is 2.34. The second-order valence-electron chi connectivity index (χ2n) is 3.99. The predicted octanol–water partition coefficient (Wildman–Crippen LogP) is 3.94. The molecule has 0 radical (unpaired) electrons. The third-order valence-corrected chi connectivity index (χ3v) is 3.09. The Labute approximate surface area is 128 Å². The minimum Gasteiger partial charge on any atom is -0.465 e. The molecule has 0 N–H and O–H groups in total. The van der Waals surface area contributed by atoms with E-state index in [1.165, 1.54) is 25.3 Å². The molecule has 2 aromatic rings. The van der Waals surface area contributed by atoms with Crippen molar-refractivity contribution < 1.29 is 19.2 Å². The number of benzene rings is 2. The maximum absolute atomic E-state index is 11.4. The molecule has 0 saturated carbocycles. The summed E-state index contributed by atoms with van der Waals surface area (Å²) in [6.45, 7) is 0. The van der Waals surface area contributed by atoms with Crippen LogP contribution >= 0.6 is 15.9 Å². The molecule has 2 rings (SSSR count). The van der Waals surface area contributed by atoms with Gasteiger partial charge in [0.15, 0.2) is 0 Å². The highest BCUT2D eigenvalue weighted by Crippen LogP contribution is 2.33. The Morgan fingerprint density at radius 3 is 2.67 bits per heavy atom. The quantitative estimate of drug-likeness (QED) is 0.473. The topological polar surface area (TPSA) is 78.7 Å². The molecule has 0 unspecified atom stereocenters. The Bertz CT molecular complexity index is 702. The fourth-order valence-electron chi connectivity index (χ4n) is 1.65. The summed E-state index contributed by atoms with van der Waals surface area (Å²) < 4.78 is 10.7. The number of hydrogen-bond donors (Lipinski definition) is 0. The fourth-order valence-corrected chi connectivity index (χ4v) is 2.00. The van der Waals surface area contributed by atoms with Gasteiger partial charge in [-0.3, -0.25) is 10.1 Å². The number of nitrogens with zero attached hydrogens (tertiary/aromatic N) is 1. The summed E-state index contributed by atoms with van der Waals surface area (Å²) in [6.07, 6.45) is 0. The Morgan fingerprint density at radius 2 is 2.00 bits per heavy atom. The van der Waals surface area contributed by atoms with Crippen LogP contribution in [0.15, 0.2) is 46.9 Å². The molecule has 108 valence electrons. The first-order chi connectivity index (χ1) is 10.0. The second kappa shape index (κ2) is 6.36. The van der Waals surface area contributed by atoms with Gasteiger partial charge in [-0.2, -0.15) is 0 Å². The SMILES string of the molecule is COC(=O)c1cccc(Oc2ccc(Br)cc2[N+](=O)[O-])c1. The number of methoxy groups -OCH3 is 1. The summed E-state index contributed by atoms with van der Waals surface area (Å²) in [5.74, 6) is -0.112. The standard InChI is InChI=1S/C14H10BrNO5/c1-20-14(17)9-3-2-4-11(7-9)21-13-6-5-10(15)8-12(13)16(18)19/h2-8H,1H3. The zero-order valence-electron chi connectivity index (χ0n) is 10.9. The zero-order valence-corrected chi connectivity index (χ0v) is 12.5. The van der Waals surface area contributed by atoms with Gasteiger partial charge in [0.05, 0.1) is 17.6 Å². The number of halogens is 1. The first-order valence-corrected chi connectivity index (χ1v) is 6.60. The maximum Gasteiger partial charge on any atom is 0.337 e. The summed E-state index contributed by atoms with van der Waals surface area (Å²) in [5.41, 5.74) is 0.127. The Morgan fingerprint density at radius 1 is 1.24 bits per heavy atom. The third-order valence-electron chi connectivity index (χ3n) is 2.60. The molecule has 0 aliphatic heterocycles. The maximum atomic E-state index is 11.4. The van der Waals surface area contributed by atoms with Crippen LogP contribution in [0.4, 0.5) is 5.69 Å². The van der Waals surface area contributed by atoms with Crippen molar-refractivity contribution in [3.63, 3.8) is 0 Å². The Hall–Kier alpha value is -2.41. The molecule has 0 amide bonds. The van der Waals surface area contributed by atoms with Crippen LogP contribution < -0.4 is 4.74 Å². The molecule has 0 atom stereocenters. The number of hydrogen-bond acceptors (Lipinski definition) is 5. The first-order valence-electron chi connectivity index (χ1n) is 5.81. The van der Waals surface area contributed by atoms with Crippen molar-refractivity contribution in [3.05, 3.63) is 62.6 Å². The molecule has 6 nitrogen and oxygen atoms in total. The number of esters is 1. The van der Waals surface area contributed by atoms with Crippen molar-refractivity contribution >= 4 is 27.6 Å². The smallest absolute Gasteiger partial charge is 0.337 e. The lowest BCUT2D eigenvalue weighted by atomic mass is 10.2. The number of carbonyl (C=O) groups excluding carboxylic acids is 1. The Kier molecular flexibility index (Phi) is 4.54. The van der Waals surface area contributed by atoms with E-state index in [9.17, 15) is 14.9 Å². The minimum absolute atomic E-state index is 0.0882. The van der Waals surface area contributed by atoms with Crippen molar-refractivity contribution in [1.29, 1.82) is 0 Å².